The van der Waals surface area contributed by atoms with Gasteiger partial charge in [0.1, 0.15) is 5.75 Å². The lowest BCUT2D eigenvalue weighted by Gasteiger charge is -2.13. The van der Waals surface area contributed by atoms with Crippen molar-refractivity contribution in [3.63, 3.8) is 0 Å². The van der Waals surface area contributed by atoms with E-state index in [2.05, 4.69) is 15.0 Å². The number of aryl methyl sites for hydroxylation is 1. The first-order chi connectivity index (χ1) is 16.0. The third-order valence-corrected chi connectivity index (χ3v) is 5.74. The number of carbonyl (C=O) groups excluding carboxylic acids is 1. The van der Waals surface area contributed by atoms with Crippen LogP contribution in [-0.2, 0) is 4.79 Å². The number of hydrogen-bond donors (Lipinski definition) is 1. The topological polar surface area (TPSA) is 56.2 Å². The van der Waals surface area contributed by atoms with Crippen molar-refractivity contribution in [3.05, 3.63) is 90.6 Å². The van der Waals surface area contributed by atoms with Gasteiger partial charge >= 0.3 is 6.61 Å². The molecule has 0 aliphatic carbocycles. The van der Waals surface area contributed by atoms with E-state index < -0.39 is 6.61 Å². The van der Waals surface area contributed by atoms with Crippen molar-refractivity contribution in [3.8, 4) is 22.7 Å². The Kier molecular flexibility index (Phi) is 7.04. The predicted molar refractivity (Wildman–Crippen MR) is 126 cm³/mol. The van der Waals surface area contributed by atoms with Crippen molar-refractivity contribution in [1.82, 2.24) is 9.55 Å². The van der Waals surface area contributed by atoms with Crippen molar-refractivity contribution < 1.29 is 18.3 Å². The molecule has 0 aliphatic rings. The Bertz CT molecular complexity index is 1210. The zero-order chi connectivity index (χ0) is 23.2. The first kappa shape index (κ1) is 22.5. The lowest BCUT2D eigenvalue weighted by atomic mass is 10.1. The molecule has 1 heterocycles. The van der Waals surface area contributed by atoms with Gasteiger partial charge in [-0.15, -0.1) is 0 Å². The highest BCUT2D eigenvalue weighted by Gasteiger charge is 2.16. The Morgan fingerprint density at radius 3 is 2.39 bits per heavy atom. The Morgan fingerprint density at radius 2 is 1.73 bits per heavy atom. The number of imidazole rings is 1. The van der Waals surface area contributed by atoms with E-state index in [4.69, 9.17) is 0 Å². The minimum atomic E-state index is -2.89. The average Bonchev–Trinajstić information content (AvgIpc) is 3.23. The van der Waals surface area contributed by atoms with Gasteiger partial charge in [0.2, 0.25) is 5.91 Å². The number of thioether (sulfide) groups is 1. The van der Waals surface area contributed by atoms with Crippen molar-refractivity contribution in [2.24, 2.45) is 0 Å². The van der Waals surface area contributed by atoms with E-state index in [1.807, 2.05) is 66.1 Å². The number of para-hydroxylation sites is 1. The van der Waals surface area contributed by atoms with Crippen molar-refractivity contribution >= 4 is 23.4 Å². The summed E-state index contributed by atoms with van der Waals surface area (Å²) in [5.41, 5.74) is 4.34. The molecule has 0 atom stereocenters. The van der Waals surface area contributed by atoms with Crippen LogP contribution in [0.3, 0.4) is 0 Å². The summed E-state index contributed by atoms with van der Waals surface area (Å²) in [6.07, 6.45) is 1.74. The van der Waals surface area contributed by atoms with Crippen molar-refractivity contribution in [2.45, 2.75) is 18.7 Å². The molecule has 3 aromatic carbocycles. The molecular weight excluding hydrogens is 444 g/mol. The fraction of sp³-hybridized carbons (Fsp3) is 0.120. The minimum Gasteiger partial charge on any atom is -0.435 e. The summed E-state index contributed by atoms with van der Waals surface area (Å²) in [6, 6.07) is 23.6. The number of aromatic nitrogens is 2. The first-order valence-corrected chi connectivity index (χ1v) is 11.2. The van der Waals surface area contributed by atoms with E-state index in [0.717, 1.165) is 28.2 Å². The number of halogens is 2. The van der Waals surface area contributed by atoms with Gasteiger partial charge in [-0.2, -0.15) is 8.78 Å². The van der Waals surface area contributed by atoms with Crippen LogP contribution < -0.4 is 10.1 Å². The molecule has 4 rings (SSSR count). The summed E-state index contributed by atoms with van der Waals surface area (Å²) in [7, 11) is 0. The van der Waals surface area contributed by atoms with Gasteiger partial charge in [-0.25, -0.2) is 4.98 Å². The normalized spacial score (nSPS) is 10.9. The maximum absolute atomic E-state index is 12.5. The standard InChI is InChI=1S/C25H21F2N3O2S/c1-17-7-9-18(10-8-17)22-15-28-25(33-16-23(31)29-19-5-3-2-4-6-19)30(22)20-11-13-21(14-12-20)32-24(26)27/h2-15,24H,16H2,1H3,(H,29,31). The molecule has 0 bridgehead atoms. The van der Waals surface area contributed by atoms with Gasteiger partial charge < -0.3 is 10.1 Å². The van der Waals surface area contributed by atoms with Crippen LogP contribution in [0.5, 0.6) is 5.75 Å². The van der Waals surface area contributed by atoms with Gasteiger partial charge in [0, 0.05) is 16.9 Å². The van der Waals surface area contributed by atoms with Crippen LogP contribution in [0.15, 0.2) is 90.2 Å². The van der Waals surface area contributed by atoms with Gasteiger partial charge in [0.15, 0.2) is 5.16 Å². The highest BCUT2D eigenvalue weighted by Crippen LogP contribution is 2.31. The number of carbonyl (C=O) groups is 1. The molecule has 0 aliphatic heterocycles. The molecule has 168 valence electrons. The number of amides is 1. The number of anilines is 1. The number of alkyl halides is 2. The molecule has 0 fully saturated rings. The van der Waals surface area contributed by atoms with Gasteiger partial charge in [-0.05, 0) is 43.3 Å². The van der Waals surface area contributed by atoms with E-state index in [1.54, 1.807) is 18.3 Å². The molecule has 0 spiro atoms. The second-order valence-corrected chi connectivity index (χ2v) is 8.15. The maximum atomic E-state index is 12.5. The fourth-order valence-corrected chi connectivity index (χ4v) is 4.03. The summed E-state index contributed by atoms with van der Waals surface area (Å²) < 4.78 is 31.4. The largest absolute Gasteiger partial charge is 0.435 e. The molecule has 0 saturated carbocycles. The van der Waals surface area contributed by atoms with Crippen LogP contribution >= 0.6 is 11.8 Å². The highest BCUT2D eigenvalue weighted by molar-refractivity contribution is 7.99. The molecule has 5 nitrogen and oxygen atoms in total. The lowest BCUT2D eigenvalue weighted by molar-refractivity contribution is -0.113. The molecule has 0 unspecified atom stereocenters. The number of nitrogens with one attached hydrogen (secondary N) is 1. The van der Waals surface area contributed by atoms with Gasteiger partial charge in [-0.1, -0.05) is 59.8 Å². The van der Waals surface area contributed by atoms with Crippen LogP contribution in [0.4, 0.5) is 14.5 Å². The van der Waals surface area contributed by atoms with E-state index in [9.17, 15) is 13.6 Å². The zero-order valence-electron chi connectivity index (χ0n) is 17.7. The quantitative estimate of drug-likeness (QED) is 0.316. The van der Waals surface area contributed by atoms with E-state index in [-0.39, 0.29) is 17.4 Å². The summed E-state index contributed by atoms with van der Waals surface area (Å²) >= 11 is 1.29. The first-order valence-electron chi connectivity index (χ1n) is 10.2. The highest BCUT2D eigenvalue weighted by atomic mass is 32.2. The van der Waals surface area contributed by atoms with Crippen LogP contribution in [0.2, 0.25) is 0 Å². The molecule has 33 heavy (non-hydrogen) atoms. The SMILES string of the molecule is Cc1ccc(-c2cnc(SCC(=O)Nc3ccccc3)n2-c2ccc(OC(F)F)cc2)cc1. The number of rotatable bonds is 8. The zero-order valence-corrected chi connectivity index (χ0v) is 18.6. The summed E-state index contributed by atoms with van der Waals surface area (Å²) in [4.78, 5) is 17.0. The van der Waals surface area contributed by atoms with Crippen LogP contribution in [0.25, 0.3) is 16.9 Å². The lowest BCUT2D eigenvalue weighted by Crippen LogP contribution is -2.14. The predicted octanol–water partition coefficient (Wildman–Crippen LogP) is 6.18. The van der Waals surface area contributed by atoms with E-state index in [0.29, 0.717) is 5.16 Å². The number of benzene rings is 3. The van der Waals surface area contributed by atoms with Crippen molar-refractivity contribution in [2.75, 3.05) is 11.1 Å². The molecule has 8 heteroatoms. The summed E-state index contributed by atoms with van der Waals surface area (Å²) in [5.74, 6) is 0.0757. The van der Waals surface area contributed by atoms with Crippen LogP contribution in [-0.4, -0.2) is 27.8 Å². The fourth-order valence-electron chi connectivity index (χ4n) is 3.24. The Hall–Kier alpha value is -3.65. The maximum Gasteiger partial charge on any atom is 0.387 e. The van der Waals surface area contributed by atoms with Crippen molar-refractivity contribution in [1.29, 1.82) is 0 Å². The molecule has 1 amide bonds. The number of ether oxygens (including phenoxy) is 1. The third kappa shape index (κ3) is 5.78. The van der Waals surface area contributed by atoms with Crippen LogP contribution in [0.1, 0.15) is 5.56 Å². The van der Waals surface area contributed by atoms with Gasteiger partial charge in [0.25, 0.3) is 0 Å². The second kappa shape index (κ2) is 10.3. The number of hydrogen-bond acceptors (Lipinski definition) is 4. The molecular formula is C25H21F2N3O2S. The third-order valence-electron chi connectivity index (χ3n) is 4.79. The van der Waals surface area contributed by atoms with E-state index in [1.165, 1.54) is 23.9 Å². The second-order valence-electron chi connectivity index (χ2n) is 7.20. The average molecular weight is 466 g/mol. The monoisotopic (exact) mass is 465 g/mol. The van der Waals surface area contributed by atoms with Gasteiger partial charge in [0.05, 0.1) is 17.6 Å². The smallest absolute Gasteiger partial charge is 0.387 e. The van der Waals surface area contributed by atoms with E-state index >= 15 is 0 Å². The summed E-state index contributed by atoms with van der Waals surface area (Å²) in [6.45, 7) is -0.878. The Morgan fingerprint density at radius 1 is 1.03 bits per heavy atom. The molecule has 1 N–H and O–H groups in total. The van der Waals surface area contributed by atoms with Gasteiger partial charge in [-0.3, -0.25) is 9.36 Å². The minimum absolute atomic E-state index is 0.0715. The summed E-state index contributed by atoms with van der Waals surface area (Å²) in [5, 5.41) is 3.47. The Labute approximate surface area is 194 Å². The Balaban J connectivity index is 1.61. The molecule has 0 radical (unpaired) electrons. The van der Waals surface area contributed by atoms with Crippen LogP contribution in [0, 0.1) is 6.92 Å². The molecule has 4 aromatic rings. The number of nitrogens with zero attached hydrogens (tertiary/aromatic N) is 2. The molecule has 1 aromatic heterocycles. The molecule has 0 saturated heterocycles.